The Morgan fingerprint density at radius 1 is 1.03 bits per heavy atom. The van der Waals surface area contributed by atoms with Gasteiger partial charge in [0.15, 0.2) is 6.10 Å². The molecule has 3 rings (SSSR count). The van der Waals surface area contributed by atoms with Crippen LogP contribution >= 0.6 is 0 Å². The molecule has 7 heteroatoms. The zero-order valence-corrected chi connectivity index (χ0v) is 17.0. The van der Waals surface area contributed by atoms with Crippen molar-refractivity contribution in [1.29, 1.82) is 10.5 Å². The molecule has 0 N–H and O–H groups in total. The number of carbonyl (C=O) groups excluding carboxylic acids is 1. The maximum atomic E-state index is 13.9. The van der Waals surface area contributed by atoms with Gasteiger partial charge in [0, 0.05) is 26.2 Å². The molecule has 0 aliphatic carbocycles. The van der Waals surface area contributed by atoms with Crippen molar-refractivity contribution in [3.63, 3.8) is 0 Å². The fourth-order valence-electron chi connectivity index (χ4n) is 3.50. The number of anilines is 1. The van der Waals surface area contributed by atoms with E-state index in [0.717, 1.165) is 0 Å². The summed E-state index contributed by atoms with van der Waals surface area (Å²) in [4.78, 5) is 16.8. The van der Waals surface area contributed by atoms with Crippen molar-refractivity contribution in [2.75, 3.05) is 31.1 Å². The van der Waals surface area contributed by atoms with Crippen LogP contribution in [0.5, 0.6) is 5.75 Å². The third-order valence-corrected chi connectivity index (χ3v) is 5.15. The topological polar surface area (TPSA) is 80.4 Å². The lowest BCUT2D eigenvalue weighted by molar-refractivity contribution is -0.141. The summed E-state index contributed by atoms with van der Waals surface area (Å²) in [6.07, 6.45) is -0.713. The molecule has 2 aromatic carbocycles. The largest absolute Gasteiger partial charge is 0.479 e. The van der Waals surface area contributed by atoms with Crippen LogP contribution in [0.1, 0.15) is 25.0 Å². The second-order valence-corrected chi connectivity index (χ2v) is 7.45. The molecule has 0 saturated carbocycles. The first-order valence-corrected chi connectivity index (χ1v) is 9.84. The van der Waals surface area contributed by atoms with Gasteiger partial charge in [-0.15, -0.1) is 0 Å². The van der Waals surface area contributed by atoms with Crippen molar-refractivity contribution in [2.24, 2.45) is 5.92 Å². The predicted molar refractivity (Wildman–Crippen MR) is 110 cm³/mol. The van der Waals surface area contributed by atoms with Crippen LogP contribution in [0.2, 0.25) is 0 Å². The number of piperazine rings is 1. The van der Waals surface area contributed by atoms with E-state index in [4.69, 9.17) is 4.74 Å². The van der Waals surface area contributed by atoms with Crippen LogP contribution in [0.15, 0.2) is 42.5 Å². The summed E-state index contributed by atoms with van der Waals surface area (Å²) in [6, 6.07) is 15.4. The molecule has 1 saturated heterocycles. The Bertz CT molecular complexity index is 1000. The van der Waals surface area contributed by atoms with Crippen LogP contribution in [-0.4, -0.2) is 43.1 Å². The Hall–Kier alpha value is -3.58. The van der Waals surface area contributed by atoms with Crippen LogP contribution in [-0.2, 0) is 4.79 Å². The van der Waals surface area contributed by atoms with Crippen molar-refractivity contribution in [3.8, 4) is 17.9 Å². The van der Waals surface area contributed by atoms with Crippen molar-refractivity contribution in [3.05, 3.63) is 59.4 Å². The number of amides is 1. The maximum absolute atomic E-state index is 13.9. The number of para-hydroxylation sites is 1. The smallest absolute Gasteiger partial charge is 0.264 e. The summed E-state index contributed by atoms with van der Waals surface area (Å²) < 4.78 is 19.9. The van der Waals surface area contributed by atoms with E-state index in [-0.39, 0.29) is 17.4 Å². The van der Waals surface area contributed by atoms with E-state index in [2.05, 4.69) is 6.07 Å². The zero-order valence-electron chi connectivity index (χ0n) is 17.0. The highest BCUT2D eigenvalue weighted by Crippen LogP contribution is 2.25. The lowest BCUT2D eigenvalue weighted by atomic mass is 10.0. The lowest BCUT2D eigenvalue weighted by Gasteiger charge is -2.38. The van der Waals surface area contributed by atoms with Gasteiger partial charge in [0.25, 0.3) is 5.91 Å². The van der Waals surface area contributed by atoms with Gasteiger partial charge in [0.05, 0.1) is 11.3 Å². The molecule has 154 valence electrons. The number of benzene rings is 2. The van der Waals surface area contributed by atoms with Crippen LogP contribution in [0.3, 0.4) is 0 Å². The molecule has 0 aromatic heterocycles. The van der Waals surface area contributed by atoms with Crippen LogP contribution in [0.25, 0.3) is 0 Å². The second-order valence-electron chi connectivity index (χ2n) is 7.45. The molecule has 1 amide bonds. The molecule has 0 bridgehead atoms. The van der Waals surface area contributed by atoms with Gasteiger partial charge in [0.1, 0.15) is 29.3 Å². The molecule has 30 heavy (non-hydrogen) atoms. The summed E-state index contributed by atoms with van der Waals surface area (Å²) >= 11 is 0. The monoisotopic (exact) mass is 406 g/mol. The second kappa shape index (κ2) is 9.28. The van der Waals surface area contributed by atoms with Crippen LogP contribution < -0.4 is 9.64 Å². The first-order valence-electron chi connectivity index (χ1n) is 9.84. The van der Waals surface area contributed by atoms with E-state index in [9.17, 15) is 19.7 Å². The molecule has 6 nitrogen and oxygen atoms in total. The van der Waals surface area contributed by atoms with E-state index in [1.807, 2.05) is 24.8 Å². The number of hydrogen-bond acceptors (Lipinski definition) is 5. The van der Waals surface area contributed by atoms with E-state index < -0.39 is 11.9 Å². The minimum Gasteiger partial charge on any atom is -0.479 e. The minimum atomic E-state index is -0.713. The molecule has 0 radical (unpaired) electrons. The van der Waals surface area contributed by atoms with Crippen molar-refractivity contribution >= 4 is 11.6 Å². The molecule has 1 aliphatic heterocycles. The maximum Gasteiger partial charge on any atom is 0.264 e. The average Bonchev–Trinajstić information content (AvgIpc) is 2.77. The Morgan fingerprint density at radius 3 is 2.37 bits per heavy atom. The normalized spacial score (nSPS) is 14.7. The van der Waals surface area contributed by atoms with E-state index in [1.54, 1.807) is 41.3 Å². The summed E-state index contributed by atoms with van der Waals surface area (Å²) in [5.74, 6) is -0.380. The Morgan fingerprint density at radius 2 is 1.73 bits per heavy atom. The summed E-state index contributed by atoms with van der Waals surface area (Å²) in [7, 11) is 0. The van der Waals surface area contributed by atoms with Crippen molar-refractivity contribution in [1.82, 2.24) is 4.90 Å². The number of nitriles is 2. The molecular formula is C23H23FN4O2. The summed E-state index contributed by atoms with van der Waals surface area (Å²) in [5.41, 5.74) is 0.953. The van der Waals surface area contributed by atoms with Gasteiger partial charge in [-0.1, -0.05) is 32.0 Å². The predicted octanol–water partition coefficient (Wildman–Crippen LogP) is 3.32. The van der Waals surface area contributed by atoms with Crippen molar-refractivity contribution in [2.45, 2.75) is 20.0 Å². The first-order chi connectivity index (χ1) is 14.5. The molecule has 1 fully saturated rings. The number of halogens is 1. The van der Waals surface area contributed by atoms with Gasteiger partial charge in [-0.25, -0.2) is 4.39 Å². The highest BCUT2D eigenvalue weighted by molar-refractivity contribution is 5.82. The number of nitrogens with zero attached hydrogens (tertiary/aromatic N) is 4. The van der Waals surface area contributed by atoms with Crippen molar-refractivity contribution < 1.29 is 13.9 Å². The fraction of sp³-hybridized carbons (Fsp3) is 0.348. The molecule has 1 aliphatic rings. The highest BCUT2D eigenvalue weighted by atomic mass is 19.1. The van der Waals surface area contributed by atoms with Gasteiger partial charge >= 0.3 is 0 Å². The van der Waals surface area contributed by atoms with Crippen LogP contribution in [0.4, 0.5) is 10.1 Å². The average molecular weight is 406 g/mol. The SMILES string of the molecule is CC(C)C(Oc1ccccc1C#N)C(=O)N1CCN(c2cccc(F)c2C#N)CC1. The quantitative estimate of drug-likeness (QED) is 0.761. The Kier molecular flexibility index (Phi) is 6.54. The number of ether oxygens (including phenoxy) is 1. The number of carbonyl (C=O) groups is 1. The molecule has 2 aromatic rings. The zero-order chi connectivity index (χ0) is 21.7. The molecular weight excluding hydrogens is 383 g/mol. The van der Waals surface area contributed by atoms with Gasteiger partial charge in [-0.2, -0.15) is 10.5 Å². The fourth-order valence-corrected chi connectivity index (χ4v) is 3.50. The Labute approximate surface area is 175 Å². The van der Waals surface area contributed by atoms with E-state index in [0.29, 0.717) is 43.2 Å². The third kappa shape index (κ3) is 4.36. The van der Waals surface area contributed by atoms with Crippen LogP contribution in [0, 0.1) is 34.4 Å². The highest BCUT2D eigenvalue weighted by Gasteiger charge is 2.32. The molecule has 0 spiro atoms. The molecule has 1 atom stereocenters. The minimum absolute atomic E-state index is 0.0220. The Balaban J connectivity index is 1.71. The standard InChI is InChI=1S/C23H23FN4O2/c1-16(2)22(30-21-9-4-3-6-17(21)14-25)23(29)28-12-10-27(11-13-28)20-8-5-7-19(24)18(20)15-26/h3-9,16,22H,10-13H2,1-2H3. The van der Waals surface area contributed by atoms with Gasteiger partial charge in [-0.05, 0) is 30.2 Å². The number of rotatable bonds is 5. The van der Waals surface area contributed by atoms with Gasteiger partial charge in [0.2, 0.25) is 0 Å². The molecule has 1 unspecified atom stereocenters. The summed E-state index contributed by atoms with van der Waals surface area (Å²) in [5, 5.41) is 18.5. The lowest BCUT2D eigenvalue weighted by Crippen LogP contribution is -2.53. The molecule has 1 heterocycles. The van der Waals surface area contributed by atoms with Gasteiger partial charge < -0.3 is 14.5 Å². The number of hydrogen-bond donors (Lipinski definition) is 0. The van der Waals surface area contributed by atoms with Gasteiger partial charge in [-0.3, -0.25) is 4.79 Å². The van der Waals surface area contributed by atoms with E-state index >= 15 is 0 Å². The first kappa shape index (κ1) is 21.1. The summed E-state index contributed by atoms with van der Waals surface area (Å²) in [6.45, 7) is 5.66. The third-order valence-electron chi connectivity index (χ3n) is 5.15. The van der Waals surface area contributed by atoms with E-state index in [1.165, 1.54) is 6.07 Å².